The Kier molecular flexibility index (Phi) is 8.61. The van der Waals surface area contributed by atoms with Crippen molar-refractivity contribution in [2.45, 2.75) is 26.4 Å². The van der Waals surface area contributed by atoms with Crippen LogP contribution in [0.5, 0.6) is 5.88 Å². The van der Waals surface area contributed by atoms with Gasteiger partial charge in [0.15, 0.2) is 0 Å². The predicted octanol–water partition coefficient (Wildman–Crippen LogP) is 3.71. The normalized spacial score (nSPS) is 12.2. The minimum atomic E-state index is -4.53. The Morgan fingerprint density at radius 3 is 2.71 bits per heavy atom. The molecule has 2 heterocycles. The number of nitrogens with one attached hydrogen (secondary N) is 1. The van der Waals surface area contributed by atoms with E-state index < -0.39 is 11.7 Å². The van der Waals surface area contributed by atoms with Gasteiger partial charge in [0.25, 0.3) is 5.91 Å². The standard InChI is InChI=1S/C20H23ClF3N5O2/c1-12(2)10-28-17(25)16-8-13(4-6-26-16)18(30)27-5-3-7-31-19-15(21)9-14(11-29-19)20(22,23)24/h4,6,8-9,11-12H,3,5,7,10H2,1-2H3,(H2,25,28)(H,27,30). The van der Waals surface area contributed by atoms with E-state index in [1.54, 1.807) is 12.1 Å². The van der Waals surface area contributed by atoms with Crippen molar-refractivity contribution >= 4 is 23.3 Å². The highest BCUT2D eigenvalue weighted by molar-refractivity contribution is 6.31. The second-order valence-corrected chi connectivity index (χ2v) is 7.42. The van der Waals surface area contributed by atoms with Crippen LogP contribution in [-0.4, -0.2) is 41.4 Å². The molecule has 11 heteroatoms. The summed E-state index contributed by atoms with van der Waals surface area (Å²) in [7, 11) is 0. The van der Waals surface area contributed by atoms with Gasteiger partial charge in [-0.2, -0.15) is 13.2 Å². The Morgan fingerprint density at radius 1 is 1.32 bits per heavy atom. The van der Waals surface area contributed by atoms with Gasteiger partial charge in [-0.1, -0.05) is 25.4 Å². The highest BCUT2D eigenvalue weighted by atomic mass is 35.5. The van der Waals surface area contributed by atoms with Crippen LogP contribution in [0.15, 0.2) is 35.6 Å². The van der Waals surface area contributed by atoms with Crippen molar-refractivity contribution < 1.29 is 22.7 Å². The third-order valence-corrected chi connectivity index (χ3v) is 4.16. The number of amidine groups is 1. The number of nitrogens with zero attached hydrogens (tertiary/aromatic N) is 3. The molecule has 0 aliphatic carbocycles. The number of hydrogen-bond acceptors (Lipinski definition) is 5. The second kappa shape index (κ2) is 10.9. The van der Waals surface area contributed by atoms with Crippen molar-refractivity contribution in [2.75, 3.05) is 19.7 Å². The van der Waals surface area contributed by atoms with Crippen molar-refractivity contribution in [3.63, 3.8) is 0 Å². The molecule has 0 saturated heterocycles. The molecular weight excluding hydrogens is 435 g/mol. The average molecular weight is 458 g/mol. The lowest BCUT2D eigenvalue weighted by molar-refractivity contribution is -0.137. The summed E-state index contributed by atoms with van der Waals surface area (Å²) in [6.07, 6.45) is -2.01. The number of carbonyl (C=O) groups is 1. The van der Waals surface area contributed by atoms with Crippen LogP contribution < -0.4 is 15.8 Å². The molecule has 2 rings (SSSR count). The number of carbonyl (C=O) groups excluding carboxylic acids is 1. The largest absolute Gasteiger partial charge is 0.477 e. The molecule has 0 fully saturated rings. The van der Waals surface area contributed by atoms with Crippen molar-refractivity contribution in [2.24, 2.45) is 16.6 Å². The van der Waals surface area contributed by atoms with Crippen LogP contribution in [0.4, 0.5) is 13.2 Å². The van der Waals surface area contributed by atoms with Crippen molar-refractivity contribution in [1.82, 2.24) is 15.3 Å². The molecule has 31 heavy (non-hydrogen) atoms. The van der Waals surface area contributed by atoms with Gasteiger partial charge < -0.3 is 15.8 Å². The summed E-state index contributed by atoms with van der Waals surface area (Å²) in [6.45, 7) is 4.96. The van der Waals surface area contributed by atoms with E-state index in [9.17, 15) is 18.0 Å². The van der Waals surface area contributed by atoms with Gasteiger partial charge in [-0.05, 0) is 30.5 Å². The first-order valence-corrected chi connectivity index (χ1v) is 9.85. The lowest BCUT2D eigenvalue weighted by Crippen LogP contribution is -2.26. The van der Waals surface area contributed by atoms with E-state index in [-0.39, 0.29) is 35.8 Å². The molecule has 0 spiro atoms. The number of aromatic nitrogens is 2. The summed E-state index contributed by atoms with van der Waals surface area (Å²) >= 11 is 5.78. The van der Waals surface area contributed by atoms with Gasteiger partial charge in [0.2, 0.25) is 5.88 Å². The van der Waals surface area contributed by atoms with Crippen LogP contribution in [0.2, 0.25) is 5.02 Å². The number of ether oxygens (including phenoxy) is 1. The molecule has 2 aromatic heterocycles. The number of rotatable bonds is 9. The first-order valence-electron chi connectivity index (χ1n) is 9.48. The second-order valence-electron chi connectivity index (χ2n) is 7.02. The molecule has 1 amide bonds. The van der Waals surface area contributed by atoms with Crippen LogP contribution in [0, 0.1) is 5.92 Å². The lowest BCUT2D eigenvalue weighted by atomic mass is 10.2. The fraction of sp³-hybridized carbons (Fsp3) is 0.400. The third-order valence-electron chi connectivity index (χ3n) is 3.89. The zero-order valence-corrected chi connectivity index (χ0v) is 17.8. The molecular formula is C20H23ClF3N5O2. The molecule has 0 radical (unpaired) electrons. The number of aliphatic imine (C=N–C) groups is 1. The van der Waals surface area contributed by atoms with Crippen molar-refractivity contribution in [3.8, 4) is 5.88 Å². The van der Waals surface area contributed by atoms with E-state index in [0.29, 0.717) is 36.3 Å². The van der Waals surface area contributed by atoms with Crippen molar-refractivity contribution in [1.29, 1.82) is 0 Å². The third kappa shape index (κ3) is 7.71. The summed E-state index contributed by atoms with van der Waals surface area (Å²) < 4.78 is 43.1. The summed E-state index contributed by atoms with van der Waals surface area (Å²) in [5.41, 5.74) is 5.75. The summed E-state index contributed by atoms with van der Waals surface area (Å²) in [5, 5.41) is 2.48. The van der Waals surface area contributed by atoms with Crippen LogP contribution in [0.1, 0.15) is 41.9 Å². The van der Waals surface area contributed by atoms with Crippen LogP contribution in [-0.2, 0) is 6.18 Å². The first kappa shape index (κ1) is 24.4. The summed E-state index contributed by atoms with van der Waals surface area (Å²) in [6, 6.07) is 3.86. The molecule has 0 aliphatic rings. The predicted molar refractivity (Wildman–Crippen MR) is 111 cm³/mol. The molecule has 0 atom stereocenters. The van der Waals surface area contributed by atoms with Gasteiger partial charge in [0, 0.05) is 31.0 Å². The van der Waals surface area contributed by atoms with E-state index in [0.717, 1.165) is 6.07 Å². The van der Waals surface area contributed by atoms with E-state index >= 15 is 0 Å². The van der Waals surface area contributed by atoms with E-state index in [2.05, 4.69) is 20.3 Å². The first-order chi connectivity index (χ1) is 14.6. The monoisotopic (exact) mass is 457 g/mol. The van der Waals surface area contributed by atoms with Gasteiger partial charge in [-0.15, -0.1) is 0 Å². The quantitative estimate of drug-likeness (QED) is 0.339. The minimum Gasteiger partial charge on any atom is -0.477 e. The fourth-order valence-corrected chi connectivity index (χ4v) is 2.53. The topological polar surface area (TPSA) is 102 Å². The number of hydrogen-bond donors (Lipinski definition) is 2. The number of amides is 1. The number of pyridine rings is 2. The molecule has 168 valence electrons. The van der Waals surface area contributed by atoms with Crippen LogP contribution in [0.3, 0.4) is 0 Å². The maximum atomic E-state index is 12.6. The summed E-state index contributed by atoms with van der Waals surface area (Å²) in [4.78, 5) is 24.3. The molecule has 0 aliphatic heterocycles. The molecule has 3 N–H and O–H groups in total. The molecule has 2 aromatic rings. The van der Waals surface area contributed by atoms with Crippen LogP contribution >= 0.6 is 11.6 Å². The Morgan fingerprint density at radius 2 is 2.06 bits per heavy atom. The van der Waals surface area contributed by atoms with Gasteiger partial charge in [-0.25, -0.2) is 4.98 Å². The zero-order chi connectivity index (χ0) is 23.0. The number of nitrogens with two attached hydrogens (primary N) is 1. The van der Waals surface area contributed by atoms with Gasteiger partial charge >= 0.3 is 6.18 Å². The Labute approximate surface area is 182 Å². The summed E-state index contributed by atoms with van der Waals surface area (Å²) in [5.74, 6) is 0.180. The van der Waals surface area contributed by atoms with E-state index in [4.69, 9.17) is 22.1 Å². The molecule has 0 bridgehead atoms. The maximum Gasteiger partial charge on any atom is 0.417 e. The van der Waals surface area contributed by atoms with Gasteiger partial charge in [0.05, 0.1) is 12.2 Å². The highest BCUT2D eigenvalue weighted by Crippen LogP contribution is 2.33. The zero-order valence-electron chi connectivity index (χ0n) is 17.0. The number of alkyl halides is 3. The van der Waals surface area contributed by atoms with Gasteiger partial charge in [-0.3, -0.25) is 14.8 Å². The van der Waals surface area contributed by atoms with Gasteiger partial charge in [0.1, 0.15) is 16.6 Å². The molecule has 0 unspecified atom stereocenters. The molecule has 7 nitrogen and oxygen atoms in total. The van der Waals surface area contributed by atoms with Crippen molar-refractivity contribution in [3.05, 3.63) is 52.4 Å². The Hall–Kier alpha value is -2.88. The fourth-order valence-electron chi connectivity index (χ4n) is 2.31. The molecule has 0 saturated carbocycles. The Balaban J connectivity index is 1.82. The smallest absolute Gasteiger partial charge is 0.417 e. The SMILES string of the molecule is CC(C)CN=C(N)c1cc(C(=O)NCCCOc2ncc(C(F)(F)F)cc2Cl)ccn1. The van der Waals surface area contributed by atoms with E-state index in [1.807, 2.05) is 13.8 Å². The van der Waals surface area contributed by atoms with Crippen LogP contribution in [0.25, 0.3) is 0 Å². The number of halogens is 4. The Bertz CT molecular complexity index is 935. The molecule has 0 aromatic carbocycles. The highest BCUT2D eigenvalue weighted by Gasteiger charge is 2.31. The maximum absolute atomic E-state index is 12.6. The van der Waals surface area contributed by atoms with E-state index in [1.165, 1.54) is 6.20 Å². The lowest BCUT2D eigenvalue weighted by Gasteiger charge is -2.10. The average Bonchev–Trinajstić information content (AvgIpc) is 2.71. The minimum absolute atomic E-state index is 0.101.